The van der Waals surface area contributed by atoms with E-state index in [9.17, 15) is 9.18 Å². The van der Waals surface area contributed by atoms with E-state index in [0.29, 0.717) is 5.56 Å². The Kier molecular flexibility index (Phi) is 3.83. The summed E-state index contributed by atoms with van der Waals surface area (Å²) >= 11 is 0. The Bertz CT molecular complexity index is 521. The zero-order valence-corrected chi connectivity index (χ0v) is 10.6. The normalized spacial score (nSPS) is 30.7. The number of aliphatic hydroxyl groups is 1. The molecule has 2 heterocycles. The van der Waals surface area contributed by atoms with Gasteiger partial charge >= 0.3 is 5.69 Å². The predicted octanol–water partition coefficient (Wildman–Crippen LogP) is -0.623. The second-order valence-corrected chi connectivity index (χ2v) is 4.39. The molecular formula is C11H16FN3O4. The maximum Gasteiger partial charge on any atom is 0.351 e. The number of hydrogen-bond donors (Lipinski definition) is 2. The van der Waals surface area contributed by atoms with Crippen LogP contribution in [0.4, 0.5) is 10.2 Å². The number of ether oxygens (including phenoxy) is 2. The molecule has 106 valence electrons. The summed E-state index contributed by atoms with van der Waals surface area (Å²) in [5.74, 6) is 0.0941. The second kappa shape index (κ2) is 5.24. The summed E-state index contributed by atoms with van der Waals surface area (Å²) in [6, 6.07) is 0. The highest BCUT2D eigenvalue weighted by Gasteiger charge is 2.46. The Morgan fingerprint density at radius 2 is 2.37 bits per heavy atom. The fourth-order valence-electron chi connectivity index (χ4n) is 2.11. The third-order valence-electron chi connectivity index (χ3n) is 3.17. The highest BCUT2D eigenvalue weighted by Crippen LogP contribution is 2.32. The first kappa shape index (κ1) is 13.9. The first-order valence-corrected chi connectivity index (χ1v) is 5.78. The zero-order chi connectivity index (χ0) is 14.2. The van der Waals surface area contributed by atoms with E-state index in [2.05, 4.69) is 4.98 Å². The average molecular weight is 273 g/mol. The monoisotopic (exact) mass is 273 g/mol. The zero-order valence-electron chi connectivity index (χ0n) is 10.6. The first-order chi connectivity index (χ1) is 8.99. The minimum Gasteiger partial charge on any atom is -0.394 e. The van der Waals surface area contributed by atoms with Gasteiger partial charge in [0.2, 0.25) is 0 Å². The topological polar surface area (TPSA) is 99.6 Å². The van der Waals surface area contributed by atoms with Crippen LogP contribution in [0.25, 0.3) is 0 Å². The van der Waals surface area contributed by atoms with Crippen molar-refractivity contribution in [3.63, 3.8) is 0 Å². The van der Waals surface area contributed by atoms with Gasteiger partial charge in [-0.1, -0.05) is 0 Å². The molecule has 0 aliphatic carbocycles. The van der Waals surface area contributed by atoms with Gasteiger partial charge in [-0.15, -0.1) is 0 Å². The Balaban J connectivity index is 2.38. The lowest BCUT2D eigenvalue weighted by Crippen LogP contribution is -2.35. The number of methoxy groups -OCH3 is 1. The van der Waals surface area contributed by atoms with Crippen molar-refractivity contribution < 1.29 is 19.0 Å². The van der Waals surface area contributed by atoms with E-state index in [-0.39, 0.29) is 5.82 Å². The molecular weight excluding hydrogens is 257 g/mol. The van der Waals surface area contributed by atoms with Crippen molar-refractivity contribution in [1.29, 1.82) is 0 Å². The summed E-state index contributed by atoms with van der Waals surface area (Å²) in [5, 5.41) is 9.12. The molecule has 0 amide bonds. The van der Waals surface area contributed by atoms with E-state index in [1.54, 1.807) is 6.92 Å². The molecule has 0 unspecified atom stereocenters. The van der Waals surface area contributed by atoms with Crippen LogP contribution < -0.4 is 11.4 Å². The summed E-state index contributed by atoms with van der Waals surface area (Å²) in [6.45, 7) is 1.25. The Morgan fingerprint density at radius 1 is 1.68 bits per heavy atom. The summed E-state index contributed by atoms with van der Waals surface area (Å²) < 4.78 is 25.5. The van der Waals surface area contributed by atoms with Gasteiger partial charge in [-0.3, -0.25) is 4.57 Å². The van der Waals surface area contributed by atoms with E-state index in [1.807, 2.05) is 0 Å². The number of nitrogen functional groups attached to an aromatic ring is 1. The average Bonchev–Trinajstić information content (AvgIpc) is 2.70. The molecule has 19 heavy (non-hydrogen) atoms. The molecule has 3 N–H and O–H groups in total. The Hall–Kier alpha value is -1.51. The summed E-state index contributed by atoms with van der Waals surface area (Å²) in [4.78, 5) is 15.3. The Labute approximate surface area is 108 Å². The van der Waals surface area contributed by atoms with Gasteiger partial charge in [0.15, 0.2) is 12.4 Å². The molecule has 8 heteroatoms. The summed E-state index contributed by atoms with van der Waals surface area (Å²) in [6.07, 6.45) is -3.13. The predicted molar refractivity (Wildman–Crippen MR) is 64.3 cm³/mol. The largest absolute Gasteiger partial charge is 0.394 e. The van der Waals surface area contributed by atoms with Gasteiger partial charge in [-0.05, 0) is 6.92 Å². The number of halogens is 1. The van der Waals surface area contributed by atoms with Crippen molar-refractivity contribution in [3.8, 4) is 0 Å². The third-order valence-corrected chi connectivity index (χ3v) is 3.17. The van der Waals surface area contributed by atoms with Crippen molar-refractivity contribution in [1.82, 2.24) is 9.55 Å². The van der Waals surface area contributed by atoms with Crippen molar-refractivity contribution in [2.24, 2.45) is 0 Å². The minimum atomic E-state index is -1.58. The summed E-state index contributed by atoms with van der Waals surface area (Å²) in [7, 11) is 1.32. The van der Waals surface area contributed by atoms with Gasteiger partial charge in [0.05, 0.1) is 6.61 Å². The van der Waals surface area contributed by atoms with Crippen molar-refractivity contribution in [2.45, 2.75) is 31.5 Å². The van der Waals surface area contributed by atoms with Crippen LogP contribution in [0.3, 0.4) is 0 Å². The van der Waals surface area contributed by atoms with E-state index >= 15 is 0 Å². The highest BCUT2D eigenvalue weighted by atomic mass is 19.1. The molecule has 1 aliphatic heterocycles. The van der Waals surface area contributed by atoms with Gasteiger partial charge in [-0.2, -0.15) is 4.98 Å². The minimum absolute atomic E-state index is 0.0941. The van der Waals surface area contributed by atoms with Crippen LogP contribution in [-0.2, 0) is 9.47 Å². The molecule has 1 aliphatic rings. The van der Waals surface area contributed by atoms with Crippen LogP contribution in [-0.4, -0.2) is 46.8 Å². The number of alkyl halides is 1. The molecule has 4 atom stereocenters. The fourth-order valence-corrected chi connectivity index (χ4v) is 2.11. The number of aliphatic hydroxyl groups excluding tert-OH is 1. The van der Waals surface area contributed by atoms with Crippen molar-refractivity contribution >= 4 is 5.82 Å². The highest BCUT2D eigenvalue weighted by molar-refractivity contribution is 5.35. The molecule has 0 bridgehead atoms. The summed E-state index contributed by atoms with van der Waals surface area (Å²) in [5.41, 5.74) is 5.34. The van der Waals surface area contributed by atoms with Crippen LogP contribution in [0.2, 0.25) is 0 Å². The van der Waals surface area contributed by atoms with Crippen molar-refractivity contribution in [2.75, 3.05) is 19.5 Å². The standard InChI is InChI=1S/C11H16FN3O4/c1-5-3-15(11(17)14-9(5)13)10-7(12)8(18-2)6(4-16)19-10/h3,6-8,10,16H,4H2,1-2H3,(H2,13,14,17)/t6-,7+,8+,10-/m1/s1. The number of anilines is 1. The molecule has 0 saturated carbocycles. The lowest BCUT2D eigenvalue weighted by atomic mass is 10.1. The molecule has 1 saturated heterocycles. The molecule has 0 spiro atoms. The maximum atomic E-state index is 14.2. The molecule has 1 aromatic rings. The number of rotatable bonds is 3. The first-order valence-electron chi connectivity index (χ1n) is 5.78. The molecule has 0 radical (unpaired) electrons. The number of hydrogen-bond acceptors (Lipinski definition) is 6. The molecule has 0 aromatic carbocycles. The van der Waals surface area contributed by atoms with Crippen molar-refractivity contribution in [3.05, 3.63) is 22.2 Å². The lowest BCUT2D eigenvalue weighted by molar-refractivity contribution is -0.0544. The SMILES string of the molecule is CO[C@@H]1[C@H](F)[C@H](n2cc(C)c(N)nc2=O)O[C@@H]1CO. The van der Waals surface area contributed by atoms with Gasteiger partial charge in [-0.25, -0.2) is 9.18 Å². The molecule has 1 fully saturated rings. The van der Waals surface area contributed by atoms with Gasteiger partial charge in [0, 0.05) is 18.9 Å². The molecule has 1 aromatic heterocycles. The fraction of sp³-hybridized carbons (Fsp3) is 0.636. The van der Waals surface area contributed by atoms with E-state index in [1.165, 1.54) is 13.3 Å². The second-order valence-electron chi connectivity index (χ2n) is 4.39. The van der Waals surface area contributed by atoms with Crippen LogP contribution in [0.1, 0.15) is 11.8 Å². The van der Waals surface area contributed by atoms with E-state index in [0.717, 1.165) is 4.57 Å². The van der Waals surface area contributed by atoms with E-state index in [4.69, 9.17) is 20.3 Å². The van der Waals surface area contributed by atoms with E-state index < -0.39 is 36.9 Å². The van der Waals surface area contributed by atoms with Crippen LogP contribution in [0, 0.1) is 6.92 Å². The van der Waals surface area contributed by atoms with Crippen LogP contribution in [0.5, 0.6) is 0 Å². The van der Waals surface area contributed by atoms with Gasteiger partial charge < -0.3 is 20.3 Å². The van der Waals surface area contributed by atoms with Crippen LogP contribution >= 0.6 is 0 Å². The van der Waals surface area contributed by atoms with Crippen LogP contribution in [0.15, 0.2) is 11.0 Å². The lowest BCUT2D eigenvalue weighted by Gasteiger charge is -2.17. The maximum absolute atomic E-state index is 14.2. The molecule has 7 nitrogen and oxygen atoms in total. The smallest absolute Gasteiger partial charge is 0.351 e. The quantitative estimate of drug-likeness (QED) is 0.761. The number of aryl methyl sites for hydroxylation is 1. The number of nitrogens with zero attached hydrogens (tertiary/aromatic N) is 2. The number of nitrogens with two attached hydrogens (primary N) is 1. The molecule has 2 rings (SSSR count). The Morgan fingerprint density at radius 3 is 2.89 bits per heavy atom. The van der Waals surface area contributed by atoms with Gasteiger partial charge in [0.1, 0.15) is 18.0 Å². The van der Waals surface area contributed by atoms with Gasteiger partial charge in [0.25, 0.3) is 0 Å². The third kappa shape index (κ3) is 2.34. The number of aromatic nitrogens is 2.